The van der Waals surface area contributed by atoms with E-state index in [1.54, 1.807) is 32.2 Å². The number of anilines is 1. The number of aromatic amines is 1. The third kappa shape index (κ3) is 4.22. The van der Waals surface area contributed by atoms with Crippen molar-refractivity contribution >= 4 is 27.6 Å². The molecule has 10 heteroatoms. The molecule has 0 aliphatic heterocycles. The highest BCUT2D eigenvalue weighted by Gasteiger charge is 2.25. The predicted molar refractivity (Wildman–Crippen MR) is 95.2 cm³/mol. The molecule has 0 saturated heterocycles. The molecule has 9 nitrogen and oxygen atoms in total. The van der Waals surface area contributed by atoms with Crippen molar-refractivity contribution in [1.29, 1.82) is 0 Å². The summed E-state index contributed by atoms with van der Waals surface area (Å²) in [5.74, 6) is 0. The average Bonchev–Trinajstić information content (AvgIpc) is 3.09. The van der Waals surface area contributed by atoms with Crippen LogP contribution in [-0.2, 0) is 10.0 Å². The highest BCUT2D eigenvalue weighted by Crippen LogP contribution is 2.29. The van der Waals surface area contributed by atoms with Crippen molar-refractivity contribution < 1.29 is 13.3 Å². The summed E-state index contributed by atoms with van der Waals surface area (Å²) in [7, 11) is -3.77. The number of rotatable bonds is 8. The van der Waals surface area contributed by atoms with Crippen LogP contribution in [0.5, 0.6) is 0 Å². The van der Waals surface area contributed by atoms with Crippen molar-refractivity contribution in [3.8, 4) is 0 Å². The van der Waals surface area contributed by atoms with Gasteiger partial charge >= 0.3 is 0 Å². The highest BCUT2D eigenvalue weighted by atomic mass is 32.2. The van der Waals surface area contributed by atoms with E-state index in [2.05, 4.69) is 15.5 Å². The van der Waals surface area contributed by atoms with Gasteiger partial charge in [-0.25, -0.2) is 8.42 Å². The van der Waals surface area contributed by atoms with Gasteiger partial charge in [0.2, 0.25) is 10.0 Å². The molecule has 2 rings (SSSR count). The van der Waals surface area contributed by atoms with Crippen molar-refractivity contribution in [1.82, 2.24) is 9.29 Å². The number of nitro benzene ring substituents is 1. The minimum atomic E-state index is -3.77. The lowest BCUT2D eigenvalue weighted by molar-refractivity contribution is -0.384. The van der Waals surface area contributed by atoms with E-state index in [-0.39, 0.29) is 29.4 Å². The second-order valence-corrected chi connectivity index (χ2v) is 6.96. The predicted octanol–water partition coefficient (Wildman–Crippen LogP) is 2.40. The molecule has 0 atom stereocenters. The number of hydrogen-bond donors (Lipinski definition) is 2. The monoisotopic (exact) mass is 365 g/mol. The standard InChI is InChI=1S/C15H19N5O4S/c1-3-19(4-2)25(23,24)13-7-8-14(15(10-13)20(21)22)18-17-11-12-6-5-9-16-12/h5-11,16,18H,3-4H2,1-2H3/b17-11+. The Morgan fingerprint density at radius 2 is 2.04 bits per heavy atom. The van der Waals surface area contributed by atoms with E-state index in [4.69, 9.17) is 0 Å². The van der Waals surface area contributed by atoms with Gasteiger partial charge in [0.15, 0.2) is 0 Å². The van der Waals surface area contributed by atoms with Crippen LogP contribution in [0.4, 0.5) is 11.4 Å². The number of nitro groups is 1. The maximum atomic E-state index is 12.5. The molecule has 0 aliphatic rings. The first kappa shape index (κ1) is 18.6. The zero-order valence-corrected chi connectivity index (χ0v) is 14.7. The Bertz CT molecular complexity index is 858. The zero-order valence-electron chi connectivity index (χ0n) is 13.8. The first-order valence-electron chi connectivity index (χ1n) is 7.61. The van der Waals surface area contributed by atoms with Crippen LogP contribution in [0.15, 0.2) is 46.5 Å². The zero-order chi connectivity index (χ0) is 18.4. The van der Waals surface area contributed by atoms with E-state index in [9.17, 15) is 18.5 Å². The summed E-state index contributed by atoms with van der Waals surface area (Å²) in [6, 6.07) is 7.27. The summed E-state index contributed by atoms with van der Waals surface area (Å²) in [6.07, 6.45) is 3.18. The maximum Gasteiger partial charge on any atom is 0.295 e. The maximum absolute atomic E-state index is 12.5. The van der Waals surface area contributed by atoms with Crippen LogP contribution in [0.3, 0.4) is 0 Å². The molecule has 134 valence electrons. The number of hydrogen-bond acceptors (Lipinski definition) is 6. The number of nitrogens with one attached hydrogen (secondary N) is 2. The number of nitrogens with zero attached hydrogens (tertiary/aromatic N) is 3. The molecule has 1 aromatic heterocycles. The largest absolute Gasteiger partial charge is 0.360 e. The molecule has 0 spiro atoms. The second kappa shape index (κ2) is 7.90. The second-order valence-electron chi connectivity index (χ2n) is 5.02. The number of benzene rings is 1. The van der Waals surface area contributed by atoms with E-state index < -0.39 is 14.9 Å². The first-order chi connectivity index (χ1) is 11.9. The first-order valence-corrected chi connectivity index (χ1v) is 9.05. The van der Waals surface area contributed by atoms with Crippen LogP contribution in [0.1, 0.15) is 19.5 Å². The van der Waals surface area contributed by atoms with Crippen LogP contribution >= 0.6 is 0 Å². The summed E-state index contributed by atoms with van der Waals surface area (Å²) in [5, 5.41) is 15.2. The molecular formula is C15H19N5O4S. The summed E-state index contributed by atoms with van der Waals surface area (Å²) >= 11 is 0. The molecule has 0 unspecified atom stereocenters. The van der Waals surface area contributed by atoms with Gasteiger partial charge in [-0.2, -0.15) is 9.41 Å². The summed E-state index contributed by atoms with van der Waals surface area (Å²) in [4.78, 5) is 13.4. The van der Waals surface area contributed by atoms with Crippen molar-refractivity contribution in [2.45, 2.75) is 18.7 Å². The van der Waals surface area contributed by atoms with E-state index in [1.165, 1.54) is 22.7 Å². The summed E-state index contributed by atoms with van der Waals surface area (Å²) in [5.41, 5.74) is 3.03. The van der Waals surface area contributed by atoms with Gasteiger partial charge in [-0.3, -0.25) is 15.5 Å². The van der Waals surface area contributed by atoms with Crippen molar-refractivity contribution in [2.24, 2.45) is 5.10 Å². The number of aromatic nitrogens is 1. The van der Waals surface area contributed by atoms with Gasteiger partial charge < -0.3 is 4.98 Å². The molecule has 2 aromatic rings. The van der Waals surface area contributed by atoms with E-state index in [0.717, 1.165) is 11.8 Å². The van der Waals surface area contributed by atoms with Crippen LogP contribution in [0.2, 0.25) is 0 Å². The van der Waals surface area contributed by atoms with Crippen LogP contribution in [-0.4, -0.2) is 41.9 Å². The van der Waals surface area contributed by atoms with Gasteiger partial charge in [0.1, 0.15) is 5.69 Å². The molecule has 0 amide bonds. The van der Waals surface area contributed by atoms with Gasteiger partial charge in [-0.15, -0.1) is 0 Å². The van der Waals surface area contributed by atoms with Gasteiger partial charge in [0.05, 0.1) is 21.7 Å². The van der Waals surface area contributed by atoms with E-state index in [1.807, 2.05) is 0 Å². The summed E-state index contributed by atoms with van der Waals surface area (Å²) in [6.45, 7) is 3.99. The van der Waals surface area contributed by atoms with E-state index >= 15 is 0 Å². The Hall–Kier alpha value is -2.72. The number of sulfonamides is 1. The van der Waals surface area contributed by atoms with Crippen LogP contribution in [0, 0.1) is 10.1 Å². The van der Waals surface area contributed by atoms with Crippen molar-refractivity contribution in [3.05, 3.63) is 52.3 Å². The molecule has 1 heterocycles. The molecule has 0 bridgehead atoms. The molecule has 0 radical (unpaired) electrons. The highest BCUT2D eigenvalue weighted by molar-refractivity contribution is 7.89. The van der Waals surface area contributed by atoms with Crippen molar-refractivity contribution in [3.63, 3.8) is 0 Å². The van der Waals surface area contributed by atoms with Crippen molar-refractivity contribution in [2.75, 3.05) is 18.5 Å². The minimum Gasteiger partial charge on any atom is -0.360 e. The Morgan fingerprint density at radius 1 is 1.32 bits per heavy atom. The van der Waals surface area contributed by atoms with Crippen LogP contribution in [0.25, 0.3) is 0 Å². The van der Waals surface area contributed by atoms with Gasteiger partial charge in [-0.05, 0) is 24.3 Å². The lowest BCUT2D eigenvalue weighted by Gasteiger charge is -2.18. The smallest absolute Gasteiger partial charge is 0.295 e. The Balaban J connectivity index is 2.33. The third-order valence-electron chi connectivity index (χ3n) is 3.52. The summed E-state index contributed by atoms with van der Waals surface area (Å²) < 4.78 is 26.2. The lowest BCUT2D eigenvalue weighted by atomic mass is 10.3. The third-order valence-corrected chi connectivity index (χ3v) is 5.57. The van der Waals surface area contributed by atoms with Gasteiger partial charge in [0.25, 0.3) is 5.69 Å². The molecular weight excluding hydrogens is 346 g/mol. The average molecular weight is 365 g/mol. The quantitative estimate of drug-likeness (QED) is 0.423. The molecule has 0 aliphatic carbocycles. The fourth-order valence-electron chi connectivity index (χ4n) is 2.23. The van der Waals surface area contributed by atoms with Crippen LogP contribution < -0.4 is 5.43 Å². The topological polar surface area (TPSA) is 121 Å². The Kier molecular flexibility index (Phi) is 5.88. The number of H-pyrrole nitrogens is 1. The van der Waals surface area contributed by atoms with Gasteiger partial charge in [0, 0.05) is 25.4 Å². The van der Waals surface area contributed by atoms with E-state index in [0.29, 0.717) is 0 Å². The fourth-order valence-corrected chi connectivity index (χ4v) is 3.70. The Morgan fingerprint density at radius 3 is 2.60 bits per heavy atom. The fraction of sp³-hybridized carbons (Fsp3) is 0.267. The number of hydrazone groups is 1. The molecule has 25 heavy (non-hydrogen) atoms. The Labute approximate surface area is 145 Å². The van der Waals surface area contributed by atoms with Gasteiger partial charge in [-0.1, -0.05) is 13.8 Å². The molecule has 1 aromatic carbocycles. The molecule has 0 saturated carbocycles. The molecule has 2 N–H and O–H groups in total. The lowest BCUT2D eigenvalue weighted by Crippen LogP contribution is -2.30. The minimum absolute atomic E-state index is 0.103. The molecule has 0 fully saturated rings. The SMILES string of the molecule is CCN(CC)S(=O)(=O)c1ccc(N/N=C/c2ccc[nH]2)c([N+](=O)[O-])c1. The normalized spacial score (nSPS) is 12.0.